The first-order valence-electron chi connectivity index (χ1n) is 4.54. The van der Waals surface area contributed by atoms with Crippen LogP contribution < -0.4 is 0 Å². The zero-order chi connectivity index (χ0) is 10.8. The molecule has 0 heterocycles. The van der Waals surface area contributed by atoms with E-state index in [0.29, 0.717) is 5.56 Å². The van der Waals surface area contributed by atoms with Crippen LogP contribution in [0.25, 0.3) is 0 Å². The third-order valence-corrected chi connectivity index (χ3v) is 2.35. The molecule has 2 nitrogen and oxygen atoms in total. The van der Waals surface area contributed by atoms with Gasteiger partial charge in [-0.15, -0.1) is 0 Å². The van der Waals surface area contributed by atoms with Gasteiger partial charge < -0.3 is 0 Å². The van der Waals surface area contributed by atoms with Crippen LogP contribution >= 0.6 is 6.83 Å². The molecule has 0 unspecified atom stereocenters. The summed E-state index contributed by atoms with van der Waals surface area (Å²) in [6.07, 6.45) is 0. The van der Waals surface area contributed by atoms with Crippen molar-refractivity contribution in [2.24, 2.45) is 0 Å². The van der Waals surface area contributed by atoms with E-state index >= 15 is 0 Å². The Morgan fingerprint density at radius 2 is 1.57 bits per heavy atom. The van der Waals surface area contributed by atoms with Crippen molar-refractivity contribution in [3.8, 4) is 0 Å². The van der Waals surface area contributed by atoms with E-state index in [4.69, 9.17) is 4.52 Å². The summed E-state index contributed by atoms with van der Waals surface area (Å²) in [6.45, 7) is 5.81. The van der Waals surface area contributed by atoms with E-state index in [1.807, 2.05) is 44.9 Å². The number of hydrogen-bond acceptors (Lipinski definition) is 2. The van der Waals surface area contributed by atoms with E-state index in [2.05, 4.69) is 0 Å². The zero-order valence-electron chi connectivity index (χ0n) is 9.15. The average Bonchev–Trinajstić information content (AvgIpc) is 2.01. The van der Waals surface area contributed by atoms with E-state index < -0.39 is 6.83 Å². The summed E-state index contributed by atoms with van der Waals surface area (Å²) < 4.78 is 5.50. The van der Waals surface area contributed by atoms with Gasteiger partial charge in [0.15, 0.2) is 0 Å². The third-order valence-electron chi connectivity index (χ3n) is 1.46. The molecule has 1 aromatic carbocycles. The Hall–Kier alpha value is -0.880. The van der Waals surface area contributed by atoms with Gasteiger partial charge in [-0.25, -0.2) is 0 Å². The fraction of sp³-hybridized carbons (Fsp3) is 0.364. The summed E-state index contributed by atoms with van der Waals surface area (Å²) in [5.74, 6) is -0.224. The molecule has 0 atom stereocenters. The first-order chi connectivity index (χ1) is 6.24. The molecule has 14 heavy (non-hydrogen) atoms. The van der Waals surface area contributed by atoms with Crippen LogP contribution in [-0.4, -0.2) is 32.6 Å². The van der Waals surface area contributed by atoms with Gasteiger partial charge in [0.1, 0.15) is 0 Å². The number of rotatable bonds is 2. The first kappa shape index (κ1) is 11.2. The summed E-state index contributed by atoms with van der Waals surface area (Å²) in [4.78, 5) is 11.7. The Bertz CT molecular complexity index is 326. The van der Waals surface area contributed by atoms with Gasteiger partial charge in [0.25, 0.3) is 0 Å². The molecular weight excluding hydrogens is 195 g/mol. The van der Waals surface area contributed by atoms with Crippen LogP contribution in [0.15, 0.2) is 30.3 Å². The van der Waals surface area contributed by atoms with Gasteiger partial charge >= 0.3 is 84.7 Å². The minimum atomic E-state index is -2.21. The van der Waals surface area contributed by atoms with Gasteiger partial charge in [0.2, 0.25) is 0 Å². The van der Waals surface area contributed by atoms with E-state index in [1.165, 1.54) is 0 Å². The molecule has 0 aliphatic rings. The molecule has 0 aromatic heterocycles. The number of benzene rings is 1. The Kier molecular flexibility index (Phi) is 2.69. The molecule has 0 amide bonds. The average molecular weight is 212 g/mol. The summed E-state index contributed by atoms with van der Waals surface area (Å²) in [5.41, 5.74) is 0.619. The van der Waals surface area contributed by atoms with E-state index in [-0.39, 0.29) is 5.97 Å². The van der Waals surface area contributed by atoms with E-state index in [1.54, 1.807) is 12.1 Å². The van der Waals surface area contributed by atoms with Gasteiger partial charge in [-0.2, -0.15) is 0 Å². The maximum absolute atomic E-state index is 11.7. The predicted octanol–water partition coefficient (Wildman–Crippen LogP) is 2.83. The molecule has 0 fully saturated rings. The molecule has 0 radical (unpaired) electrons. The standard InChI is InChI=1S/C11H17O2P/c1-14(2,3,4)13-11(12)10-8-6-5-7-9-10/h5-9H,1-4H3. The Labute approximate surface area is 85.3 Å². The van der Waals surface area contributed by atoms with Crippen LogP contribution in [0.4, 0.5) is 0 Å². The zero-order valence-corrected chi connectivity index (χ0v) is 10.0. The van der Waals surface area contributed by atoms with Crippen molar-refractivity contribution in [3.63, 3.8) is 0 Å². The maximum atomic E-state index is 11.7. The molecule has 0 saturated carbocycles. The van der Waals surface area contributed by atoms with Crippen LogP contribution in [0.1, 0.15) is 10.4 Å². The SMILES string of the molecule is CP(C)(C)(C)OC(=O)c1ccccc1. The van der Waals surface area contributed by atoms with Crippen molar-refractivity contribution in [2.45, 2.75) is 0 Å². The molecule has 1 rings (SSSR count). The molecule has 0 aliphatic heterocycles. The van der Waals surface area contributed by atoms with Crippen molar-refractivity contribution in [3.05, 3.63) is 35.9 Å². The fourth-order valence-corrected chi connectivity index (χ4v) is 1.73. The quantitative estimate of drug-likeness (QED) is 0.704. The Balaban J connectivity index is 2.80. The second-order valence-electron chi connectivity index (χ2n) is 5.16. The van der Waals surface area contributed by atoms with Crippen molar-refractivity contribution in [1.29, 1.82) is 0 Å². The Morgan fingerprint density at radius 3 is 2.00 bits per heavy atom. The molecule has 3 heteroatoms. The second-order valence-corrected chi connectivity index (χ2v) is 12.2. The molecule has 0 aliphatic carbocycles. The van der Waals surface area contributed by atoms with Crippen LogP contribution in [0.5, 0.6) is 0 Å². The summed E-state index contributed by atoms with van der Waals surface area (Å²) >= 11 is 0. The molecule has 0 bridgehead atoms. The van der Waals surface area contributed by atoms with Crippen molar-refractivity contribution in [2.75, 3.05) is 26.7 Å². The van der Waals surface area contributed by atoms with Gasteiger partial charge in [0, 0.05) is 0 Å². The topological polar surface area (TPSA) is 26.3 Å². The number of carbonyl (C=O) groups excluding carboxylic acids is 1. The van der Waals surface area contributed by atoms with Gasteiger partial charge in [-0.1, -0.05) is 0 Å². The van der Waals surface area contributed by atoms with E-state index in [9.17, 15) is 4.79 Å². The van der Waals surface area contributed by atoms with Gasteiger partial charge in [-0.3, -0.25) is 0 Å². The number of carbonyl (C=O) groups is 1. The van der Waals surface area contributed by atoms with Crippen molar-refractivity contribution >= 4 is 12.8 Å². The van der Waals surface area contributed by atoms with Gasteiger partial charge in [-0.05, 0) is 0 Å². The molecule has 0 N–H and O–H groups in total. The van der Waals surface area contributed by atoms with Crippen LogP contribution in [0, 0.1) is 0 Å². The molecule has 1 aromatic rings. The fourth-order valence-electron chi connectivity index (χ4n) is 0.959. The molecule has 0 saturated heterocycles. The number of hydrogen-bond donors (Lipinski definition) is 0. The molecule has 0 spiro atoms. The Morgan fingerprint density at radius 1 is 1.07 bits per heavy atom. The minimum absolute atomic E-state index is 0.224. The monoisotopic (exact) mass is 212 g/mol. The summed E-state index contributed by atoms with van der Waals surface area (Å²) in [7, 11) is 0. The van der Waals surface area contributed by atoms with Crippen LogP contribution in [0.2, 0.25) is 0 Å². The first-order valence-corrected chi connectivity index (χ1v) is 8.48. The van der Waals surface area contributed by atoms with Gasteiger partial charge in [0.05, 0.1) is 0 Å². The van der Waals surface area contributed by atoms with E-state index in [0.717, 1.165) is 0 Å². The van der Waals surface area contributed by atoms with Crippen LogP contribution in [-0.2, 0) is 4.52 Å². The summed E-state index contributed by atoms with van der Waals surface area (Å²) in [6, 6.07) is 9.09. The molecule has 78 valence electrons. The third kappa shape index (κ3) is 3.89. The predicted molar refractivity (Wildman–Crippen MR) is 62.5 cm³/mol. The van der Waals surface area contributed by atoms with Crippen molar-refractivity contribution in [1.82, 2.24) is 0 Å². The van der Waals surface area contributed by atoms with Crippen LogP contribution in [0.3, 0.4) is 0 Å². The molecular formula is C11H17O2P. The summed E-state index contributed by atoms with van der Waals surface area (Å²) in [5, 5.41) is 0. The van der Waals surface area contributed by atoms with Crippen molar-refractivity contribution < 1.29 is 9.32 Å². The normalized spacial score (nSPS) is 14.1. The second kappa shape index (κ2) is 3.36.